The summed E-state index contributed by atoms with van der Waals surface area (Å²) in [6.07, 6.45) is 7.11. The number of pyridine rings is 1. The molecule has 3 aromatic heterocycles. The lowest BCUT2D eigenvalue weighted by Gasteiger charge is -1.94. The summed E-state index contributed by atoms with van der Waals surface area (Å²) in [4.78, 5) is 21.4. The number of hydrogen-bond donors (Lipinski definition) is 0. The third kappa shape index (κ3) is 3.35. The summed E-state index contributed by atoms with van der Waals surface area (Å²) < 4.78 is 1.32. The Labute approximate surface area is 151 Å². The maximum atomic E-state index is 12.3. The van der Waals surface area contributed by atoms with Crippen LogP contribution in [0.5, 0.6) is 0 Å². The number of nitrogens with zero attached hydrogens (tertiary/aromatic N) is 4. The first-order valence-electron chi connectivity index (χ1n) is 7.44. The summed E-state index contributed by atoms with van der Waals surface area (Å²) in [7, 11) is 0. The minimum absolute atomic E-state index is 0.215. The first kappa shape index (κ1) is 15.7. The van der Waals surface area contributed by atoms with Crippen molar-refractivity contribution in [3.63, 3.8) is 0 Å². The van der Waals surface area contributed by atoms with Crippen molar-refractivity contribution in [3.05, 3.63) is 81.5 Å². The maximum Gasteiger partial charge on any atom is 0.275 e. The molecular formula is C18H11ClN4OS. The number of halogens is 1. The molecule has 0 saturated carbocycles. The van der Waals surface area contributed by atoms with Gasteiger partial charge in [0.05, 0.1) is 5.69 Å². The lowest BCUT2D eigenvalue weighted by Crippen LogP contribution is -2.14. The van der Waals surface area contributed by atoms with E-state index in [0.29, 0.717) is 15.7 Å². The van der Waals surface area contributed by atoms with Crippen molar-refractivity contribution >= 4 is 40.1 Å². The van der Waals surface area contributed by atoms with Crippen LogP contribution in [0.15, 0.2) is 59.7 Å². The van der Waals surface area contributed by atoms with Crippen molar-refractivity contribution in [2.45, 2.75) is 0 Å². The van der Waals surface area contributed by atoms with E-state index in [1.807, 2.05) is 30.3 Å². The summed E-state index contributed by atoms with van der Waals surface area (Å²) >= 11 is 7.27. The fourth-order valence-corrected chi connectivity index (χ4v) is 3.32. The second-order valence-corrected chi connectivity index (χ2v) is 6.64. The highest BCUT2D eigenvalue weighted by molar-refractivity contribution is 7.19. The van der Waals surface area contributed by atoms with Crippen LogP contribution in [0.2, 0.25) is 5.02 Å². The Kier molecular flexibility index (Phi) is 4.13. The Morgan fingerprint density at radius 2 is 1.96 bits per heavy atom. The lowest BCUT2D eigenvalue weighted by atomic mass is 10.2. The zero-order valence-electron chi connectivity index (χ0n) is 12.8. The minimum Gasteiger partial charge on any atom is -0.267 e. The smallest absolute Gasteiger partial charge is 0.267 e. The second kappa shape index (κ2) is 6.58. The molecule has 4 rings (SSSR count). The van der Waals surface area contributed by atoms with Crippen molar-refractivity contribution in [3.8, 4) is 10.6 Å². The van der Waals surface area contributed by atoms with Crippen LogP contribution >= 0.6 is 22.9 Å². The van der Waals surface area contributed by atoms with Gasteiger partial charge in [-0.15, -0.1) is 0 Å². The normalized spacial score (nSPS) is 11.4. The van der Waals surface area contributed by atoms with E-state index in [2.05, 4.69) is 15.1 Å². The van der Waals surface area contributed by atoms with Gasteiger partial charge in [-0.3, -0.25) is 9.78 Å². The van der Waals surface area contributed by atoms with Crippen molar-refractivity contribution in [2.75, 3.05) is 0 Å². The molecule has 4 aromatic rings. The Bertz CT molecular complexity index is 1120. The maximum absolute atomic E-state index is 12.3. The number of hydrogen-bond acceptors (Lipinski definition) is 5. The molecule has 1 aromatic carbocycles. The molecule has 0 bridgehead atoms. The van der Waals surface area contributed by atoms with Gasteiger partial charge in [0.2, 0.25) is 4.96 Å². The monoisotopic (exact) mass is 366 g/mol. The molecule has 0 aliphatic heterocycles. The topological polar surface area (TPSA) is 60.2 Å². The van der Waals surface area contributed by atoms with Crippen molar-refractivity contribution < 1.29 is 0 Å². The van der Waals surface area contributed by atoms with E-state index in [4.69, 9.17) is 11.6 Å². The molecule has 0 saturated heterocycles. The van der Waals surface area contributed by atoms with Gasteiger partial charge >= 0.3 is 0 Å². The molecule has 7 heteroatoms. The molecule has 0 aliphatic rings. The van der Waals surface area contributed by atoms with Gasteiger partial charge in [-0.2, -0.15) is 9.61 Å². The molecule has 0 radical (unpaired) electrons. The third-order valence-electron chi connectivity index (χ3n) is 3.49. The van der Waals surface area contributed by atoms with Gasteiger partial charge in [-0.25, -0.2) is 4.98 Å². The number of fused-ring (bicyclic) bond motifs is 1. The molecule has 3 heterocycles. The Hall–Kier alpha value is -2.83. The fraction of sp³-hybridized carbons (Fsp3) is 0. The summed E-state index contributed by atoms with van der Waals surface area (Å²) in [6.45, 7) is 0. The lowest BCUT2D eigenvalue weighted by molar-refractivity contribution is 0.901. The van der Waals surface area contributed by atoms with Crippen LogP contribution in [-0.4, -0.2) is 19.6 Å². The van der Waals surface area contributed by atoms with Gasteiger partial charge in [0.1, 0.15) is 5.01 Å². The standard InChI is InChI=1S/C18H11ClN4OS/c19-14-6-4-13(5-7-14)17-22-23-16(24)10-15(21-18(23)25-17)8-3-12-2-1-9-20-11-12/h1-11H/b8-3+. The molecule has 5 nitrogen and oxygen atoms in total. The van der Waals surface area contributed by atoms with Crippen LogP contribution in [0.4, 0.5) is 0 Å². The van der Waals surface area contributed by atoms with Crippen LogP contribution in [0, 0.1) is 0 Å². The summed E-state index contributed by atoms with van der Waals surface area (Å²) in [5, 5.41) is 5.73. The molecule has 0 N–H and O–H groups in total. The van der Waals surface area contributed by atoms with E-state index >= 15 is 0 Å². The molecule has 122 valence electrons. The van der Waals surface area contributed by atoms with Crippen molar-refractivity contribution in [1.29, 1.82) is 0 Å². The average Bonchev–Trinajstić information content (AvgIpc) is 3.06. The summed E-state index contributed by atoms with van der Waals surface area (Å²) in [5.74, 6) is 0. The van der Waals surface area contributed by atoms with E-state index in [-0.39, 0.29) is 5.56 Å². The quantitative estimate of drug-likeness (QED) is 0.549. The van der Waals surface area contributed by atoms with Crippen LogP contribution in [0.1, 0.15) is 11.3 Å². The Balaban J connectivity index is 1.73. The van der Waals surface area contributed by atoms with E-state index in [1.54, 1.807) is 30.6 Å². The van der Waals surface area contributed by atoms with E-state index in [0.717, 1.165) is 16.1 Å². The molecular weight excluding hydrogens is 356 g/mol. The zero-order valence-corrected chi connectivity index (χ0v) is 14.4. The van der Waals surface area contributed by atoms with Gasteiger partial charge in [-0.1, -0.05) is 47.2 Å². The van der Waals surface area contributed by atoms with Crippen LogP contribution < -0.4 is 5.56 Å². The van der Waals surface area contributed by atoms with Gasteiger partial charge in [0.15, 0.2) is 0 Å². The van der Waals surface area contributed by atoms with Crippen LogP contribution in [-0.2, 0) is 0 Å². The molecule has 0 spiro atoms. The van der Waals surface area contributed by atoms with Gasteiger partial charge in [0.25, 0.3) is 5.56 Å². The fourth-order valence-electron chi connectivity index (χ4n) is 2.28. The average molecular weight is 367 g/mol. The molecule has 0 fully saturated rings. The SMILES string of the molecule is O=c1cc(/C=C/c2cccnc2)nc2sc(-c3ccc(Cl)cc3)nn12. The van der Waals surface area contributed by atoms with E-state index < -0.39 is 0 Å². The number of aromatic nitrogens is 4. The molecule has 25 heavy (non-hydrogen) atoms. The predicted octanol–water partition coefficient (Wildman–Crippen LogP) is 4.04. The minimum atomic E-state index is -0.215. The van der Waals surface area contributed by atoms with Crippen molar-refractivity contribution in [2.24, 2.45) is 0 Å². The highest BCUT2D eigenvalue weighted by Gasteiger charge is 2.09. The van der Waals surface area contributed by atoms with Crippen LogP contribution in [0.25, 0.3) is 27.7 Å². The van der Waals surface area contributed by atoms with Gasteiger partial charge in [-0.05, 0) is 29.8 Å². The van der Waals surface area contributed by atoms with E-state index in [1.165, 1.54) is 21.9 Å². The number of benzene rings is 1. The molecule has 0 unspecified atom stereocenters. The van der Waals surface area contributed by atoms with Gasteiger partial charge in [0, 0.05) is 29.0 Å². The third-order valence-corrected chi connectivity index (χ3v) is 4.70. The van der Waals surface area contributed by atoms with Crippen LogP contribution in [0.3, 0.4) is 0 Å². The molecule has 0 atom stereocenters. The molecule has 0 aliphatic carbocycles. The zero-order chi connectivity index (χ0) is 17.2. The van der Waals surface area contributed by atoms with E-state index in [9.17, 15) is 4.79 Å². The van der Waals surface area contributed by atoms with Gasteiger partial charge < -0.3 is 0 Å². The second-order valence-electron chi connectivity index (χ2n) is 5.25. The number of rotatable bonds is 3. The summed E-state index contributed by atoms with van der Waals surface area (Å²) in [5.41, 5.74) is 2.20. The highest BCUT2D eigenvalue weighted by Crippen LogP contribution is 2.25. The highest BCUT2D eigenvalue weighted by atomic mass is 35.5. The summed E-state index contributed by atoms with van der Waals surface area (Å²) in [6, 6.07) is 12.6. The van der Waals surface area contributed by atoms with Crippen molar-refractivity contribution in [1.82, 2.24) is 19.6 Å². The Morgan fingerprint density at radius 1 is 1.12 bits per heavy atom. The predicted molar refractivity (Wildman–Crippen MR) is 101 cm³/mol. The largest absolute Gasteiger partial charge is 0.275 e. The Morgan fingerprint density at radius 3 is 2.72 bits per heavy atom. The first-order chi connectivity index (χ1) is 12.2. The first-order valence-corrected chi connectivity index (χ1v) is 8.63. The molecule has 0 amide bonds.